The third-order valence-electron chi connectivity index (χ3n) is 4.11. The van der Waals surface area contributed by atoms with Crippen molar-refractivity contribution in [2.24, 2.45) is 0 Å². The molecule has 5 heteroatoms. The third kappa shape index (κ3) is 3.71. The van der Waals surface area contributed by atoms with Crippen LogP contribution < -0.4 is 0 Å². The van der Waals surface area contributed by atoms with Crippen molar-refractivity contribution in [1.82, 2.24) is 4.90 Å². The fourth-order valence-corrected chi connectivity index (χ4v) is 3.62. The normalized spacial score (nSPS) is 18.5. The van der Waals surface area contributed by atoms with Crippen LogP contribution in [-0.4, -0.2) is 30.6 Å². The van der Waals surface area contributed by atoms with E-state index in [-0.39, 0.29) is 5.97 Å². The molecule has 0 radical (unpaired) electrons. The minimum atomic E-state index is -0.454. The minimum Gasteiger partial charge on any atom is -0.466 e. The Morgan fingerprint density at radius 1 is 1.33 bits per heavy atom. The van der Waals surface area contributed by atoms with Crippen LogP contribution in [0, 0.1) is 0 Å². The molecule has 1 unspecified atom stereocenters. The molecule has 1 aliphatic rings. The maximum atomic E-state index is 12.0. The van der Waals surface area contributed by atoms with Crippen LogP contribution in [0.5, 0.6) is 0 Å². The SMILES string of the molecule is CCOC(=O)CC(C)(c1ccc(Cl)cc1Cl)N1CCCC1. The van der Waals surface area contributed by atoms with E-state index in [1.54, 1.807) is 6.07 Å². The van der Waals surface area contributed by atoms with Crippen molar-refractivity contribution in [3.8, 4) is 0 Å². The van der Waals surface area contributed by atoms with Gasteiger partial charge in [0.05, 0.1) is 18.6 Å². The summed E-state index contributed by atoms with van der Waals surface area (Å²) in [6.07, 6.45) is 2.58. The first-order valence-electron chi connectivity index (χ1n) is 7.33. The first kappa shape index (κ1) is 16.6. The predicted molar refractivity (Wildman–Crippen MR) is 85.9 cm³/mol. The zero-order chi connectivity index (χ0) is 15.5. The summed E-state index contributed by atoms with van der Waals surface area (Å²) in [5.41, 5.74) is 0.480. The summed E-state index contributed by atoms with van der Waals surface area (Å²) in [6.45, 7) is 6.21. The standard InChI is InChI=1S/C16H21Cl2NO2/c1-3-21-15(20)11-16(2,19-8-4-5-9-19)13-7-6-12(17)10-14(13)18/h6-7,10H,3-5,8-9,11H2,1-2H3. The molecule has 0 bridgehead atoms. The fourth-order valence-electron chi connectivity index (χ4n) is 3.01. The van der Waals surface area contributed by atoms with Gasteiger partial charge in [-0.15, -0.1) is 0 Å². The van der Waals surface area contributed by atoms with Gasteiger partial charge in [-0.25, -0.2) is 0 Å². The van der Waals surface area contributed by atoms with Gasteiger partial charge in [-0.1, -0.05) is 29.3 Å². The van der Waals surface area contributed by atoms with Crippen molar-refractivity contribution >= 4 is 29.2 Å². The van der Waals surface area contributed by atoms with Crippen molar-refractivity contribution in [2.45, 2.75) is 38.6 Å². The Morgan fingerprint density at radius 3 is 2.57 bits per heavy atom. The van der Waals surface area contributed by atoms with Gasteiger partial charge in [-0.05, 0) is 57.5 Å². The van der Waals surface area contributed by atoms with Gasteiger partial charge >= 0.3 is 5.97 Å². The lowest BCUT2D eigenvalue weighted by atomic mass is 9.86. The molecule has 1 heterocycles. The Bertz CT molecular complexity index is 515. The number of hydrogen-bond acceptors (Lipinski definition) is 3. The highest BCUT2D eigenvalue weighted by atomic mass is 35.5. The van der Waals surface area contributed by atoms with E-state index in [1.165, 1.54) is 0 Å². The number of esters is 1. The molecular weight excluding hydrogens is 309 g/mol. The molecule has 0 saturated carbocycles. The zero-order valence-electron chi connectivity index (χ0n) is 12.5. The molecule has 0 aliphatic carbocycles. The molecule has 21 heavy (non-hydrogen) atoms. The number of likely N-dealkylation sites (tertiary alicyclic amines) is 1. The molecule has 1 aliphatic heterocycles. The molecule has 1 atom stereocenters. The van der Waals surface area contributed by atoms with Gasteiger partial charge < -0.3 is 4.74 Å². The molecule has 1 aromatic rings. The smallest absolute Gasteiger partial charge is 0.308 e. The lowest BCUT2D eigenvalue weighted by Crippen LogP contribution is -2.44. The molecule has 0 aromatic heterocycles. The van der Waals surface area contributed by atoms with Crippen LogP contribution in [0.1, 0.15) is 38.7 Å². The Kier molecular flexibility index (Phi) is 5.53. The summed E-state index contributed by atoms with van der Waals surface area (Å²) in [7, 11) is 0. The summed E-state index contributed by atoms with van der Waals surface area (Å²) in [5.74, 6) is -0.196. The van der Waals surface area contributed by atoms with E-state index in [9.17, 15) is 4.79 Å². The van der Waals surface area contributed by atoms with Crippen LogP contribution in [0.2, 0.25) is 10.0 Å². The average molecular weight is 330 g/mol. The maximum Gasteiger partial charge on any atom is 0.308 e. The highest BCUT2D eigenvalue weighted by Crippen LogP contribution is 2.39. The van der Waals surface area contributed by atoms with Gasteiger partial charge in [0, 0.05) is 10.0 Å². The van der Waals surface area contributed by atoms with E-state index in [0.717, 1.165) is 31.5 Å². The number of ether oxygens (including phenoxy) is 1. The highest BCUT2D eigenvalue weighted by molar-refractivity contribution is 6.35. The summed E-state index contributed by atoms with van der Waals surface area (Å²) in [4.78, 5) is 14.4. The van der Waals surface area contributed by atoms with Crippen LogP contribution in [0.15, 0.2) is 18.2 Å². The van der Waals surface area contributed by atoms with E-state index in [0.29, 0.717) is 23.1 Å². The third-order valence-corrected chi connectivity index (χ3v) is 4.66. The van der Waals surface area contributed by atoms with Gasteiger partial charge in [0.2, 0.25) is 0 Å². The zero-order valence-corrected chi connectivity index (χ0v) is 14.0. The van der Waals surface area contributed by atoms with Crippen molar-refractivity contribution in [3.63, 3.8) is 0 Å². The van der Waals surface area contributed by atoms with Crippen LogP contribution in [0.25, 0.3) is 0 Å². The topological polar surface area (TPSA) is 29.5 Å². The van der Waals surface area contributed by atoms with Crippen LogP contribution in [-0.2, 0) is 15.1 Å². The number of carbonyl (C=O) groups is 1. The Hall–Kier alpha value is -0.770. The summed E-state index contributed by atoms with van der Waals surface area (Å²) in [6, 6.07) is 5.47. The van der Waals surface area contributed by atoms with Gasteiger partial charge in [0.25, 0.3) is 0 Å². The van der Waals surface area contributed by atoms with Gasteiger partial charge in [-0.3, -0.25) is 9.69 Å². The van der Waals surface area contributed by atoms with Crippen LogP contribution >= 0.6 is 23.2 Å². The molecular formula is C16H21Cl2NO2. The monoisotopic (exact) mass is 329 g/mol. The summed E-state index contributed by atoms with van der Waals surface area (Å²) in [5, 5.41) is 1.20. The van der Waals surface area contributed by atoms with E-state index in [1.807, 2.05) is 19.1 Å². The van der Waals surface area contributed by atoms with Crippen molar-refractivity contribution < 1.29 is 9.53 Å². The largest absolute Gasteiger partial charge is 0.466 e. The average Bonchev–Trinajstić information content (AvgIpc) is 2.92. The molecule has 1 saturated heterocycles. The second kappa shape index (κ2) is 6.99. The van der Waals surface area contributed by atoms with Gasteiger partial charge in [0.1, 0.15) is 0 Å². The minimum absolute atomic E-state index is 0.196. The first-order valence-corrected chi connectivity index (χ1v) is 8.09. The molecule has 0 spiro atoms. The summed E-state index contributed by atoms with van der Waals surface area (Å²) >= 11 is 12.4. The maximum absolute atomic E-state index is 12.0. The number of benzene rings is 1. The highest BCUT2D eigenvalue weighted by Gasteiger charge is 2.39. The van der Waals surface area contributed by atoms with Gasteiger partial charge in [-0.2, -0.15) is 0 Å². The van der Waals surface area contributed by atoms with Crippen molar-refractivity contribution in [1.29, 1.82) is 0 Å². The Labute approximate surface area is 136 Å². The quantitative estimate of drug-likeness (QED) is 0.756. The number of halogens is 2. The summed E-state index contributed by atoms with van der Waals surface area (Å²) < 4.78 is 5.15. The van der Waals surface area contributed by atoms with Crippen molar-refractivity contribution in [2.75, 3.05) is 19.7 Å². The molecule has 0 amide bonds. The Balaban J connectivity index is 2.36. The number of hydrogen-bond donors (Lipinski definition) is 0. The van der Waals surface area contributed by atoms with E-state index >= 15 is 0 Å². The number of rotatable bonds is 5. The van der Waals surface area contributed by atoms with Crippen LogP contribution in [0.4, 0.5) is 0 Å². The molecule has 1 fully saturated rings. The number of nitrogens with zero attached hydrogens (tertiary/aromatic N) is 1. The second-order valence-electron chi connectivity index (χ2n) is 5.57. The molecule has 116 valence electrons. The van der Waals surface area contributed by atoms with Gasteiger partial charge in [0.15, 0.2) is 0 Å². The molecule has 3 nitrogen and oxygen atoms in total. The van der Waals surface area contributed by atoms with Crippen molar-refractivity contribution in [3.05, 3.63) is 33.8 Å². The van der Waals surface area contributed by atoms with E-state index in [4.69, 9.17) is 27.9 Å². The lowest BCUT2D eigenvalue weighted by Gasteiger charge is -2.39. The molecule has 2 rings (SSSR count). The van der Waals surface area contributed by atoms with Crippen LogP contribution in [0.3, 0.4) is 0 Å². The van der Waals surface area contributed by atoms with E-state index in [2.05, 4.69) is 11.8 Å². The first-order chi connectivity index (χ1) is 9.97. The second-order valence-corrected chi connectivity index (χ2v) is 6.42. The Morgan fingerprint density at radius 2 is 2.00 bits per heavy atom. The fraction of sp³-hybridized carbons (Fsp3) is 0.562. The molecule has 1 aromatic carbocycles. The predicted octanol–water partition coefficient (Wildman–Crippen LogP) is 4.26. The van der Waals surface area contributed by atoms with E-state index < -0.39 is 5.54 Å². The number of carbonyl (C=O) groups excluding carboxylic acids is 1. The molecule has 0 N–H and O–H groups in total. The lowest BCUT2D eigenvalue weighted by molar-refractivity contribution is -0.146.